The standard InChI is InChI=1S/C17H22N2OS/c1-14-6-11-21-17(14)12-18-7-8-19-9-10-20-16-5-3-2-4-15(16)13-19/h2-6,11,18H,7-10,12-13H2,1H3. The van der Waals surface area contributed by atoms with Crippen molar-refractivity contribution in [3.63, 3.8) is 0 Å². The van der Waals surface area contributed by atoms with Crippen LogP contribution in [0.1, 0.15) is 16.0 Å². The predicted molar refractivity (Wildman–Crippen MR) is 88.0 cm³/mol. The van der Waals surface area contributed by atoms with Crippen LogP contribution in [0.25, 0.3) is 0 Å². The fourth-order valence-electron chi connectivity index (χ4n) is 2.60. The summed E-state index contributed by atoms with van der Waals surface area (Å²) in [5.74, 6) is 1.04. The lowest BCUT2D eigenvalue weighted by atomic mass is 10.2. The molecule has 0 bridgehead atoms. The smallest absolute Gasteiger partial charge is 0.123 e. The van der Waals surface area contributed by atoms with Gasteiger partial charge in [-0.05, 0) is 30.0 Å². The summed E-state index contributed by atoms with van der Waals surface area (Å²) in [5.41, 5.74) is 2.69. The monoisotopic (exact) mass is 302 g/mol. The van der Waals surface area contributed by atoms with E-state index in [1.807, 2.05) is 17.4 Å². The van der Waals surface area contributed by atoms with Gasteiger partial charge in [-0.25, -0.2) is 0 Å². The minimum Gasteiger partial charge on any atom is -0.492 e. The van der Waals surface area contributed by atoms with Gasteiger partial charge in [0.05, 0.1) is 0 Å². The average molecular weight is 302 g/mol. The highest BCUT2D eigenvalue weighted by atomic mass is 32.1. The van der Waals surface area contributed by atoms with Crippen LogP contribution in [0.2, 0.25) is 0 Å². The Labute approximate surface area is 130 Å². The van der Waals surface area contributed by atoms with Crippen molar-refractivity contribution in [3.05, 3.63) is 51.7 Å². The summed E-state index contributed by atoms with van der Waals surface area (Å²) in [7, 11) is 0. The SMILES string of the molecule is Cc1ccsc1CNCCN1CCOc2ccccc2C1. The van der Waals surface area contributed by atoms with E-state index in [-0.39, 0.29) is 0 Å². The molecule has 1 aliphatic heterocycles. The minimum absolute atomic E-state index is 0.779. The number of para-hydroxylation sites is 1. The number of nitrogens with one attached hydrogen (secondary N) is 1. The number of nitrogens with zero attached hydrogens (tertiary/aromatic N) is 1. The Hall–Kier alpha value is -1.36. The first-order chi connectivity index (χ1) is 10.3. The molecule has 2 heterocycles. The summed E-state index contributed by atoms with van der Waals surface area (Å²) >= 11 is 1.83. The second-order valence-corrected chi connectivity index (χ2v) is 6.44. The molecule has 1 N–H and O–H groups in total. The molecule has 0 aliphatic carbocycles. The molecule has 0 saturated carbocycles. The number of hydrogen-bond acceptors (Lipinski definition) is 4. The number of ether oxygens (including phenoxy) is 1. The predicted octanol–water partition coefficient (Wildman–Crippen LogP) is 3.04. The van der Waals surface area contributed by atoms with Crippen LogP contribution in [0.5, 0.6) is 5.75 Å². The molecular formula is C17H22N2OS. The number of fused-ring (bicyclic) bond motifs is 1. The second kappa shape index (κ2) is 7.07. The van der Waals surface area contributed by atoms with Crippen molar-refractivity contribution in [3.8, 4) is 5.75 Å². The van der Waals surface area contributed by atoms with E-state index in [2.05, 4.69) is 46.8 Å². The molecule has 1 aromatic heterocycles. The summed E-state index contributed by atoms with van der Waals surface area (Å²) in [5, 5.41) is 5.71. The van der Waals surface area contributed by atoms with Crippen molar-refractivity contribution in [1.82, 2.24) is 10.2 Å². The van der Waals surface area contributed by atoms with Crippen LogP contribution in [-0.2, 0) is 13.1 Å². The van der Waals surface area contributed by atoms with Gasteiger partial charge < -0.3 is 10.1 Å². The molecule has 2 aromatic rings. The number of aryl methyl sites for hydroxylation is 1. The zero-order valence-electron chi connectivity index (χ0n) is 12.5. The van der Waals surface area contributed by atoms with Gasteiger partial charge in [-0.1, -0.05) is 18.2 Å². The van der Waals surface area contributed by atoms with Crippen molar-refractivity contribution in [2.45, 2.75) is 20.0 Å². The fraction of sp³-hybridized carbons (Fsp3) is 0.412. The van der Waals surface area contributed by atoms with Gasteiger partial charge in [0.25, 0.3) is 0 Å². The van der Waals surface area contributed by atoms with Crippen molar-refractivity contribution in [1.29, 1.82) is 0 Å². The molecular weight excluding hydrogens is 280 g/mol. The van der Waals surface area contributed by atoms with Gasteiger partial charge in [-0.3, -0.25) is 4.90 Å². The molecule has 0 fully saturated rings. The van der Waals surface area contributed by atoms with Gasteiger partial charge >= 0.3 is 0 Å². The first-order valence-electron chi connectivity index (χ1n) is 7.49. The quantitative estimate of drug-likeness (QED) is 0.859. The van der Waals surface area contributed by atoms with Crippen LogP contribution in [0.3, 0.4) is 0 Å². The maximum Gasteiger partial charge on any atom is 0.123 e. The van der Waals surface area contributed by atoms with Crippen molar-refractivity contribution in [2.24, 2.45) is 0 Å². The third-order valence-corrected chi connectivity index (χ3v) is 4.91. The highest BCUT2D eigenvalue weighted by molar-refractivity contribution is 7.10. The van der Waals surface area contributed by atoms with E-state index in [0.717, 1.165) is 45.1 Å². The zero-order valence-corrected chi connectivity index (χ0v) is 13.3. The molecule has 3 rings (SSSR count). The number of thiophene rings is 1. The first-order valence-corrected chi connectivity index (χ1v) is 8.37. The van der Waals surface area contributed by atoms with E-state index >= 15 is 0 Å². The maximum atomic E-state index is 5.80. The summed E-state index contributed by atoms with van der Waals surface area (Å²) in [6.45, 7) is 7.98. The van der Waals surface area contributed by atoms with Crippen molar-refractivity contribution >= 4 is 11.3 Å². The van der Waals surface area contributed by atoms with E-state index in [1.54, 1.807) is 0 Å². The Balaban J connectivity index is 1.46. The van der Waals surface area contributed by atoms with Gasteiger partial charge in [0, 0.05) is 43.2 Å². The Kier molecular flexibility index (Phi) is 4.91. The molecule has 4 heteroatoms. The highest BCUT2D eigenvalue weighted by Gasteiger charge is 2.14. The summed E-state index contributed by atoms with van der Waals surface area (Å²) in [6.07, 6.45) is 0. The normalized spacial score (nSPS) is 15.3. The van der Waals surface area contributed by atoms with E-state index in [4.69, 9.17) is 4.74 Å². The molecule has 1 aromatic carbocycles. The first kappa shape index (κ1) is 14.6. The Morgan fingerprint density at radius 3 is 3.05 bits per heavy atom. The molecule has 112 valence electrons. The maximum absolute atomic E-state index is 5.80. The molecule has 0 spiro atoms. The van der Waals surface area contributed by atoms with Gasteiger partial charge in [0.1, 0.15) is 12.4 Å². The van der Waals surface area contributed by atoms with Gasteiger partial charge in [0.15, 0.2) is 0 Å². The number of hydrogen-bond donors (Lipinski definition) is 1. The molecule has 3 nitrogen and oxygen atoms in total. The van der Waals surface area contributed by atoms with Crippen LogP contribution in [0, 0.1) is 6.92 Å². The van der Waals surface area contributed by atoms with Crippen LogP contribution in [0.15, 0.2) is 35.7 Å². The third kappa shape index (κ3) is 3.84. The van der Waals surface area contributed by atoms with Gasteiger partial charge in [-0.2, -0.15) is 0 Å². The van der Waals surface area contributed by atoms with E-state index in [9.17, 15) is 0 Å². The lowest BCUT2D eigenvalue weighted by Crippen LogP contribution is -2.33. The van der Waals surface area contributed by atoms with E-state index in [1.165, 1.54) is 16.0 Å². The summed E-state index contributed by atoms with van der Waals surface area (Å²) < 4.78 is 5.80. The second-order valence-electron chi connectivity index (χ2n) is 5.44. The minimum atomic E-state index is 0.779. The van der Waals surface area contributed by atoms with E-state index in [0.29, 0.717) is 0 Å². The lowest BCUT2D eigenvalue weighted by molar-refractivity contribution is 0.226. The summed E-state index contributed by atoms with van der Waals surface area (Å²) in [6, 6.07) is 10.5. The Morgan fingerprint density at radius 2 is 2.19 bits per heavy atom. The van der Waals surface area contributed by atoms with E-state index < -0.39 is 0 Å². The van der Waals surface area contributed by atoms with Crippen LogP contribution in [-0.4, -0.2) is 31.1 Å². The Bertz CT molecular complexity index is 582. The lowest BCUT2D eigenvalue weighted by Gasteiger charge is -2.19. The molecule has 0 saturated heterocycles. The largest absolute Gasteiger partial charge is 0.492 e. The van der Waals surface area contributed by atoms with Crippen molar-refractivity contribution < 1.29 is 4.74 Å². The van der Waals surface area contributed by atoms with Gasteiger partial charge in [0.2, 0.25) is 0 Å². The van der Waals surface area contributed by atoms with Crippen LogP contribution in [0.4, 0.5) is 0 Å². The van der Waals surface area contributed by atoms with Crippen LogP contribution >= 0.6 is 11.3 Å². The van der Waals surface area contributed by atoms with Gasteiger partial charge in [-0.15, -0.1) is 11.3 Å². The molecule has 0 atom stereocenters. The number of benzene rings is 1. The Morgan fingerprint density at radius 1 is 1.29 bits per heavy atom. The number of rotatable bonds is 5. The summed E-state index contributed by atoms with van der Waals surface area (Å²) in [4.78, 5) is 3.90. The van der Waals surface area contributed by atoms with Crippen molar-refractivity contribution in [2.75, 3.05) is 26.2 Å². The third-order valence-electron chi connectivity index (χ3n) is 3.89. The average Bonchev–Trinajstić information content (AvgIpc) is 2.79. The zero-order chi connectivity index (χ0) is 14.5. The highest BCUT2D eigenvalue weighted by Crippen LogP contribution is 2.22. The molecule has 0 amide bonds. The molecule has 1 aliphatic rings. The van der Waals surface area contributed by atoms with Crippen LogP contribution < -0.4 is 10.1 Å². The molecule has 0 radical (unpaired) electrons. The molecule has 21 heavy (non-hydrogen) atoms. The molecule has 0 unspecified atom stereocenters. The fourth-order valence-corrected chi connectivity index (χ4v) is 3.47. The topological polar surface area (TPSA) is 24.5 Å².